The largest absolute Gasteiger partial charge is 0.497 e. The first-order valence-corrected chi connectivity index (χ1v) is 7.20. The molecule has 0 saturated heterocycles. The van der Waals surface area contributed by atoms with Gasteiger partial charge in [-0.1, -0.05) is 0 Å². The van der Waals surface area contributed by atoms with Crippen LogP contribution in [0.4, 0.5) is 5.69 Å². The van der Waals surface area contributed by atoms with Crippen molar-refractivity contribution in [2.24, 2.45) is 0 Å². The van der Waals surface area contributed by atoms with Crippen molar-refractivity contribution in [1.29, 1.82) is 0 Å². The zero-order valence-corrected chi connectivity index (χ0v) is 13.6. The molecule has 0 fully saturated rings. The molecule has 0 bridgehead atoms. The molecular formula is C15H19N5O4. The Morgan fingerprint density at radius 1 is 1.25 bits per heavy atom. The normalized spacial score (nSPS) is 11.5. The van der Waals surface area contributed by atoms with E-state index in [9.17, 15) is 9.59 Å². The average molecular weight is 333 g/mol. The van der Waals surface area contributed by atoms with Gasteiger partial charge in [0.05, 0.1) is 25.9 Å². The monoisotopic (exact) mass is 333 g/mol. The quantitative estimate of drug-likeness (QED) is 0.651. The zero-order chi connectivity index (χ0) is 17.5. The number of ether oxygens (including phenoxy) is 2. The molecule has 9 nitrogen and oxygen atoms in total. The molecular weight excluding hydrogens is 314 g/mol. The lowest BCUT2D eigenvalue weighted by Crippen LogP contribution is -2.30. The van der Waals surface area contributed by atoms with Gasteiger partial charge >= 0.3 is 0 Å². The van der Waals surface area contributed by atoms with Crippen molar-refractivity contribution in [3.05, 3.63) is 30.4 Å². The van der Waals surface area contributed by atoms with Gasteiger partial charge in [-0.3, -0.25) is 14.7 Å². The minimum atomic E-state index is -0.458. The molecule has 0 radical (unpaired) electrons. The molecule has 0 unspecified atom stereocenters. The van der Waals surface area contributed by atoms with E-state index >= 15 is 0 Å². The Bertz CT molecular complexity index is 702. The second-order valence-corrected chi connectivity index (χ2v) is 4.95. The molecule has 1 atom stereocenters. The molecule has 0 aliphatic carbocycles. The summed E-state index contributed by atoms with van der Waals surface area (Å²) in [6, 6.07) is 4.60. The van der Waals surface area contributed by atoms with Crippen LogP contribution in [0.25, 0.3) is 0 Å². The summed E-state index contributed by atoms with van der Waals surface area (Å²) in [5.74, 6) is 0.673. The summed E-state index contributed by atoms with van der Waals surface area (Å²) in [4.78, 5) is 27.9. The number of hydrogen-bond acceptors (Lipinski definition) is 6. The Morgan fingerprint density at radius 2 is 2.04 bits per heavy atom. The van der Waals surface area contributed by atoms with Gasteiger partial charge in [0.2, 0.25) is 11.8 Å². The maximum absolute atomic E-state index is 12.0. The van der Waals surface area contributed by atoms with Crippen molar-refractivity contribution in [1.82, 2.24) is 20.5 Å². The van der Waals surface area contributed by atoms with Gasteiger partial charge in [-0.15, -0.1) is 0 Å². The van der Waals surface area contributed by atoms with E-state index in [1.807, 2.05) is 0 Å². The van der Waals surface area contributed by atoms with Crippen LogP contribution >= 0.6 is 0 Å². The molecule has 24 heavy (non-hydrogen) atoms. The van der Waals surface area contributed by atoms with Crippen LogP contribution in [0.2, 0.25) is 0 Å². The van der Waals surface area contributed by atoms with Crippen LogP contribution in [0.5, 0.6) is 11.5 Å². The summed E-state index contributed by atoms with van der Waals surface area (Å²) >= 11 is 0. The number of nitrogens with zero attached hydrogens (tertiary/aromatic N) is 2. The standard InChI is InChI=1S/C15H19N5O4/c1-9(15-16-8-17-20-15)18-13(21)7-14(22)19-11-5-4-10(23-2)6-12(11)24-3/h4-6,8-9H,7H2,1-3H3,(H,18,21)(H,19,22)(H,16,17,20)/t9-/m1/s1. The molecule has 0 saturated carbocycles. The lowest BCUT2D eigenvalue weighted by molar-refractivity contribution is -0.127. The Hall–Kier alpha value is -3.10. The van der Waals surface area contributed by atoms with E-state index in [1.54, 1.807) is 25.1 Å². The van der Waals surface area contributed by atoms with Crippen LogP contribution in [-0.4, -0.2) is 41.2 Å². The number of benzene rings is 1. The number of amides is 2. The third kappa shape index (κ3) is 4.45. The van der Waals surface area contributed by atoms with E-state index in [2.05, 4.69) is 25.8 Å². The van der Waals surface area contributed by atoms with Crippen LogP contribution in [-0.2, 0) is 9.59 Å². The summed E-state index contributed by atoms with van der Waals surface area (Å²) in [5, 5.41) is 11.7. The number of carbonyl (C=O) groups is 2. The van der Waals surface area contributed by atoms with Crippen molar-refractivity contribution in [3.8, 4) is 11.5 Å². The molecule has 2 rings (SSSR count). The van der Waals surface area contributed by atoms with Gasteiger partial charge in [-0.25, -0.2) is 4.98 Å². The predicted octanol–water partition coefficient (Wildman–Crippen LogP) is 1.03. The molecule has 0 aliphatic heterocycles. The number of nitrogens with one attached hydrogen (secondary N) is 3. The van der Waals surface area contributed by atoms with E-state index in [4.69, 9.17) is 9.47 Å². The number of methoxy groups -OCH3 is 2. The predicted molar refractivity (Wildman–Crippen MR) is 85.7 cm³/mol. The Balaban J connectivity index is 1.92. The number of H-pyrrole nitrogens is 1. The molecule has 1 aromatic carbocycles. The molecule has 0 aliphatic rings. The molecule has 0 spiro atoms. The summed E-state index contributed by atoms with van der Waals surface area (Å²) in [7, 11) is 3.02. The van der Waals surface area contributed by atoms with Gasteiger partial charge in [0.1, 0.15) is 30.1 Å². The minimum Gasteiger partial charge on any atom is -0.497 e. The van der Waals surface area contributed by atoms with E-state index in [-0.39, 0.29) is 12.5 Å². The topological polar surface area (TPSA) is 118 Å². The number of hydrogen-bond donors (Lipinski definition) is 3. The highest BCUT2D eigenvalue weighted by atomic mass is 16.5. The van der Waals surface area contributed by atoms with E-state index in [0.717, 1.165) is 0 Å². The number of anilines is 1. The lowest BCUT2D eigenvalue weighted by atomic mass is 10.2. The van der Waals surface area contributed by atoms with Crippen molar-refractivity contribution >= 4 is 17.5 Å². The first-order valence-electron chi connectivity index (χ1n) is 7.20. The first kappa shape index (κ1) is 17.3. The molecule has 2 amide bonds. The lowest BCUT2D eigenvalue weighted by Gasteiger charge is -2.13. The fraction of sp³-hybridized carbons (Fsp3) is 0.333. The molecule has 1 heterocycles. The van der Waals surface area contributed by atoms with Crippen molar-refractivity contribution in [2.75, 3.05) is 19.5 Å². The maximum atomic E-state index is 12.0. The zero-order valence-electron chi connectivity index (χ0n) is 13.6. The van der Waals surface area contributed by atoms with Crippen LogP contribution in [0.3, 0.4) is 0 Å². The van der Waals surface area contributed by atoms with Gasteiger partial charge < -0.3 is 20.1 Å². The molecule has 128 valence electrons. The van der Waals surface area contributed by atoms with Gasteiger partial charge in [-0.2, -0.15) is 5.10 Å². The van der Waals surface area contributed by atoms with Gasteiger partial charge in [-0.05, 0) is 19.1 Å². The molecule has 9 heteroatoms. The summed E-state index contributed by atoms with van der Waals surface area (Å²) in [6.07, 6.45) is 1.02. The number of rotatable bonds is 7. The Labute approximate surface area is 138 Å². The fourth-order valence-corrected chi connectivity index (χ4v) is 2.03. The maximum Gasteiger partial charge on any atom is 0.233 e. The first-order chi connectivity index (χ1) is 11.5. The van der Waals surface area contributed by atoms with Gasteiger partial charge in [0.25, 0.3) is 0 Å². The van der Waals surface area contributed by atoms with Crippen LogP contribution in [0.1, 0.15) is 25.2 Å². The van der Waals surface area contributed by atoms with E-state index in [1.165, 1.54) is 20.5 Å². The number of aromatic amines is 1. The Morgan fingerprint density at radius 3 is 2.67 bits per heavy atom. The second kappa shape index (κ2) is 7.95. The second-order valence-electron chi connectivity index (χ2n) is 4.95. The molecule has 3 N–H and O–H groups in total. The van der Waals surface area contributed by atoms with Gasteiger partial charge in [0.15, 0.2) is 0 Å². The minimum absolute atomic E-state index is 0.326. The smallest absolute Gasteiger partial charge is 0.233 e. The van der Waals surface area contributed by atoms with Crippen LogP contribution < -0.4 is 20.1 Å². The van der Waals surface area contributed by atoms with Crippen molar-refractivity contribution in [2.45, 2.75) is 19.4 Å². The fourth-order valence-electron chi connectivity index (χ4n) is 2.03. The molecule has 1 aromatic heterocycles. The SMILES string of the molecule is COc1ccc(NC(=O)CC(=O)N[C@H](C)c2ncn[nH]2)c(OC)c1. The van der Waals surface area contributed by atoms with Crippen molar-refractivity contribution < 1.29 is 19.1 Å². The van der Waals surface area contributed by atoms with Crippen LogP contribution in [0, 0.1) is 0 Å². The summed E-state index contributed by atoms with van der Waals surface area (Å²) in [5.41, 5.74) is 0.458. The van der Waals surface area contributed by atoms with E-state index in [0.29, 0.717) is 23.0 Å². The third-order valence-corrected chi connectivity index (χ3v) is 3.23. The summed E-state index contributed by atoms with van der Waals surface area (Å²) < 4.78 is 10.3. The van der Waals surface area contributed by atoms with E-state index < -0.39 is 11.8 Å². The average Bonchev–Trinajstić information content (AvgIpc) is 3.09. The van der Waals surface area contributed by atoms with Gasteiger partial charge in [0, 0.05) is 6.07 Å². The third-order valence-electron chi connectivity index (χ3n) is 3.23. The Kier molecular flexibility index (Phi) is 5.72. The highest BCUT2D eigenvalue weighted by molar-refractivity contribution is 6.04. The van der Waals surface area contributed by atoms with Crippen molar-refractivity contribution in [3.63, 3.8) is 0 Å². The summed E-state index contributed by atoms with van der Waals surface area (Å²) in [6.45, 7) is 1.74. The number of aromatic nitrogens is 3. The highest BCUT2D eigenvalue weighted by Gasteiger charge is 2.16. The van der Waals surface area contributed by atoms with Crippen LogP contribution in [0.15, 0.2) is 24.5 Å². The highest BCUT2D eigenvalue weighted by Crippen LogP contribution is 2.29. The number of carbonyl (C=O) groups excluding carboxylic acids is 2. The molecule has 2 aromatic rings.